The van der Waals surface area contributed by atoms with Crippen LogP contribution in [0.2, 0.25) is 0 Å². The lowest BCUT2D eigenvalue weighted by molar-refractivity contribution is -0.137. The fraction of sp³-hybridized carbons (Fsp3) is 0.595. The smallest absolute Gasteiger partial charge is 0.322 e. The number of halogens is 1. The van der Waals surface area contributed by atoms with Crippen molar-refractivity contribution in [2.75, 3.05) is 69.1 Å². The van der Waals surface area contributed by atoms with Crippen molar-refractivity contribution in [1.29, 1.82) is 0 Å². The number of thioether (sulfide) groups is 1. The average Bonchev–Trinajstić information content (AvgIpc) is 3.27. The highest BCUT2D eigenvalue weighted by Gasteiger charge is 2.44. The minimum absolute atomic E-state index is 0.0159. The van der Waals surface area contributed by atoms with E-state index in [0.29, 0.717) is 44.7 Å². The Balaban J connectivity index is 1.13. The van der Waals surface area contributed by atoms with Crippen molar-refractivity contribution in [2.45, 2.75) is 76.5 Å². The van der Waals surface area contributed by atoms with E-state index in [1.165, 1.54) is 17.8 Å². The number of nitrogens with zero attached hydrogens (tertiary/aromatic N) is 5. The number of urea groups is 1. The van der Waals surface area contributed by atoms with Gasteiger partial charge in [-0.1, -0.05) is 58.0 Å². The predicted octanol–water partition coefficient (Wildman–Crippen LogP) is 5.82. The second-order valence-corrected chi connectivity index (χ2v) is 16.1. The first-order valence-electron chi connectivity index (χ1n) is 17.7. The van der Waals surface area contributed by atoms with E-state index >= 15 is 4.39 Å². The van der Waals surface area contributed by atoms with Gasteiger partial charge in [-0.05, 0) is 55.3 Å². The SMILES string of the molecule is CCN1CCN(c2c(F)cccc2C2SC(CC(=O)N3CCC(N4CCc5ccccc5NC4=O)CC3)C(=O)N2CCC(C)(C)C)CC1. The monoisotopic (exact) mass is 678 g/mol. The van der Waals surface area contributed by atoms with Gasteiger partial charge in [-0.25, -0.2) is 9.18 Å². The van der Waals surface area contributed by atoms with E-state index in [2.05, 4.69) is 48.9 Å². The second-order valence-electron chi connectivity index (χ2n) is 14.8. The van der Waals surface area contributed by atoms with Crippen LogP contribution in [0, 0.1) is 11.2 Å². The fourth-order valence-electron chi connectivity index (χ4n) is 7.45. The number of para-hydroxylation sites is 2. The highest BCUT2D eigenvalue weighted by Crippen LogP contribution is 2.48. The number of hydrogen-bond donors (Lipinski definition) is 1. The van der Waals surface area contributed by atoms with Crippen LogP contribution in [0.5, 0.6) is 0 Å². The van der Waals surface area contributed by atoms with Crippen molar-refractivity contribution in [3.8, 4) is 0 Å². The lowest BCUT2D eigenvalue weighted by Gasteiger charge is -2.38. The number of likely N-dealkylation sites (N-methyl/N-ethyl adjacent to an activating group) is 1. The summed E-state index contributed by atoms with van der Waals surface area (Å²) in [5, 5.41) is 2.18. The average molecular weight is 679 g/mol. The van der Waals surface area contributed by atoms with Crippen molar-refractivity contribution < 1.29 is 18.8 Å². The Morgan fingerprint density at radius 1 is 0.958 bits per heavy atom. The number of likely N-dealkylation sites (tertiary alicyclic amines) is 1. The van der Waals surface area contributed by atoms with Crippen molar-refractivity contribution in [3.05, 3.63) is 59.4 Å². The van der Waals surface area contributed by atoms with Gasteiger partial charge in [0.05, 0.1) is 10.9 Å². The lowest BCUT2D eigenvalue weighted by Crippen LogP contribution is -2.50. The third kappa shape index (κ3) is 7.62. The van der Waals surface area contributed by atoms with E-state index in [-0.39, 0.29) is 46.9 Å². The van der Waals surface area contributed by atoms with Gasteiger partial charge in [0.1, 0.15) is 11.2 Å². The largest absolute Gasteiger partial charge is 0.366 e. The molecule has 0 radical (unpaired) electrons. The van der Waals surface area contributed by atoms with Crippen LogP contribution in [0.1, 0.15) is 69.9 Å². The Labute approximate surface area is 289 Å². The molecule has 9 nitrogen and oxygen atoms in total. The van der Waals surface area contributed by atoms with Gasteiger partial charge in [0, 0.05) is 76.1 Å². The molecule has 260 valence electrons. The van der Waals surface area contributed by atoms with Crippen LogP contribution in [-0.2, 0) is 16.0 Å². The molecule has 1 N–H and O–H groups in total. The summed E-state index contributed by atoms with van der Waals surface area (Å²) in [6.45, 7) is 15.1. The molecule has 0 aromatic heterocycles. The van der Waals surface area contributed by atoms with E-state index in [0.717, 1.165) is 62.4 Å². The van der Waals surface area contributed by atoms with Crippen LogP contribution >= 0.6 is 11.8 Å². The van der Waals surface area contributed by atoms with E-state index in [9.17, 15) is 14.4 Å². The highest BCUT2D eigenvalue weighted by atomic mass is 32.2. The normalized spacial score (nSPS) is 22.9. The molecule has 11 heteroatoms. The number of anilines is 2. The third-order valence-electron chi connectivity index (χ3n) is 10.4. The summed E-state index contributed by atoms with van der Waals surface area (Å²) in [5.74, 6) is -0.325. The van der Waals surface area contributed by atoms with E-state index in [1.54, 1.807) is 6.07 Å². The number of amides is 4. The molecule has 3 fully saturated rings. The van der Waals surface area contributed by atoms with Crippen molar-refractivity contribution >= 4 is 41.0 Å². The molecule has 4 aliphatic rings. The molecule has 0 aliphatic carbocycles. The minimum Gasteiger partial charge on any atom is -0.366 e. The Morgan fingerprint density at radius 2 is 1.69 bits per heavy atom. The van der Waals surface area contributed by atoms with Crippen LogP contribution < -0.4 is 10.2 Å². The molecule has 0 bridgehead atoms. The van der Waals surface area contributed by atoms with Crippen LogP contribution in [0.15, 0.2) is 42.5 Å². The summed E-state index contributed by atoms with van der Waals surface area (Å²) in [6, 6.07) is 13.1. The van der Waals surface area contributed by atoms with Gasteiger partial charge in [-0.15, -0.1) is 11.8 Å². The Morgan fingerprint density at radius 3 is 2.40 bits per heavy atom. The molecule has 2 aromatic rings. The standard InChI is InChI=1S/C37H51FN6O3S/c1-5-40-21-23-42(24-22-40)33-28(10-8-11-29(33)38)35-44(20-16-37(2,3)4)34(46)31(48-35)25-32(45)41-17-14-27(15-18-41)43-19-13-26-9-6-7-12-30(26)39-36(43)47/h6-12,27,31,35H,5,13-25H2,1-4H3,(H,39,47). The van der Waals surface area contributed by atoms with Gasteiger partial charge in [0.15, 0.2) is 0 Å². The molecule has 4 amide bonds. The summed E-state index contributed by atoms with van der Waals surface area (Å²) < 4.78 is 15.6. The van der Waals surface area contributed by atoms with E-state index in [1.807, 2.05) is 39.0 Å². The number of piperazine rings is 1. The van der Waals surface area contributed by atoms with Crippen LogP contribution in [0.4, 0.5) is 20.6 Å². The maximum absolute atomic E-state index is 15.6. The van der Waals surface area contributed by atoms with Gasteiger partial charge in [-0.2, -0.15) is 0 Å². The number of hydrogen-bond acceptors (Lipinski definition) is 6. The molecule has 0 spiro atoms. The second kappa shape index (κ2) is 14.7. The third-order valence-corrected chi connectivity index (χ3v) is 11.9. The Bertz CT molecular complexity index is 1480. The predicted molar refractivity (Wildman–Crippen MR) is 191 cm³/mol. The Hall–Kier alpha value is -3.31. The molecule has 3 saturated heterocycles. The Kier molecular flexibility index (Phi) is 10.6. The molecule has 4 heterocycles. The first kappa shape index (κ1) is 34.5. The molecular weight excluding hydrogens is 628 g/mol. The summed E-state index contributed by atoms with van der Waals surface area (Å²) >= 11 is 1.50. The number of carbonyl (C=O) groups excluding carboxylic acids is 3. The van der Waals surface area contributed by atoms with Crippen molar-refractivity contribution in [3.63, 3.8) is 0 Å². The van der Waals surface area contributed by atoms with E-state index < -0.39 is 5.25 Å². The van der Waals surface area contributed by atoms with E-state index in [4.69, 9.17) is 0 Å². The molecule has 48 heavy (non-hydrogen) atoms. The number of nitrogens with one attached hydrogen (secondary N) is 1. The zero-order chi connectivity index (χ0) is 34.0. The maximum Gasteiger partial charge on any atom is 0.322 e. The molecule has 4 aliphatic heterocycles. The zero-order valence-electron chi connectivity index (χ0n) is 28.9. The first-order valence-corrected chi connectivity index (χ1v) is 18.6. The number of fused-ring (bicyclic) bond motifs is 1. The summed E-state index contributed by atoms with van der Waals surface area (Å²) in [5.41, 5.74) is 3.44. The molecule has 2 unspecified atom stereocenters. The first-order chi connectivity index (χ1) is 23.0. The molecule has 2 aromatic carbocycles. The summed E-state index contributed by atoms with van der Waals surface area (Å²) in [6.07, 6.45) is 3.14. The van der Waals surface area contributed by atoms with Gasteiger partial charge >= 0.3 is 6.03 Å². The number of rotatable bonds is 8. The molecular formula is C37H51FN6O3S. The van der Waals surface area contributed by atoms with Crippen LogP contribution in [-0.4, -0.2) is 108 Å². The minimum atomic E-state index is -0.525. The molecule has 2 atom stereocenters. The lowest BCUT2D eigenvalue weighted by atomic mass is 9.92. The maximum atomic E-state index is 15.6. The van der Waals surface area contributed by atoms with Gasteiger partial charge in [0.25, 0.3) is 0 Å². The summed E-state index contributed by atoms with van der Waals surface area (Å²) in [7, 11) is 0. The molecule has 6 rings (SSSR count). The fourth-order valence-corrected chi connectivity index (χ4v) is 8.95. The van der Waals surface area contributed by atoms with Gasteiger partial charge in [0.2, 0.25) is 11.8 Å². The van der Waals surface area contributed by atoms with Crippen molar-refractivity contribution in [1.82, 2.24) is 19.6 Å². The van der Waals surface area contributed by atoms with Crippen LogP contribution in [0.3, 0.4) is 0 Å². The zero-order valence-corrected chi connectivity index (χ0v) is 29.7. The number of carbonyl (C=O) groups is 3. The number of benzene rings is 2. The number of piperidine rings is 1. The van der Waals surface area contributed by atoms with Gasteiger partial charge < -0.3 is 29.8 Å². The van der Waals surface area contributed by atoms with Crippen LogP contribution in [0.25, 0.3) is 0 Å². The summed E-state index contributed by atoms with van der Waals surface area (Å²) in [4.78, 5) is 51.1. The highest BCUT2D eigenvalue weighted by molar-refractivity contribution is 8.01. The molecule has 0 saturated carbocycles. The van der Waals surface area contributed by atoms with Crippen molar-refractivity contribution in [2.24, 2.45) is 5.41 Å². The quantitative estimate of drug-likeness (QED) is 0.380. The van der Waals surface area contributed by atoms with Gasteiger partial charge in [-0.3, -0.25) is 9.59 Å². The topological polar surface area (TPSA) is 79.4 Å².